The molecule has 0 aliphatic carbocycles. The predicted octanol–water partition coefficient (Wildman–Crippen LogP) is 1.09. The van der Waals surface area contributed by atoms with Crippen LogP contribution < -0.4 is 5.73 Å². The molecule has 1 aromatic heterocycles. The molecule has 100 valence electrons. The highest BCUT2D eigenvalue weighted by molar-refractivity contribution is 7.10. The van der Waals surface area contributed by atoms with E-state index in [-0.39, 0.29) is 18.0 Å². The van der Waals surface area contributed by atoms with Gasteiger partial charge in [-0.1, -0.05) is 6.07 Å². The topological polar surface area (TPSA) is 49.6 Å². The van der Waals surface area contributed by atoms with Crippen LogP contribution in [-0.2, 0) is 10.3 Å². The molecule has 5 heteroatoms. The maximum absolute atomic E-state index is 11.6. The van der Waals surface area contributed by atoms with Crippen molar-refractivity contribution < 1.29 is 4.79 Å². The highest BCUT2D eigenvalue weighted by atomic mass is 32.1. The number of piperidine rings is 1. The van der Waals surface area contributed by atoms with E-state index >= 15 is 0 Å². The second kappa shape index (κ2) is 5.38. The molecule has 1 amide bonds. The Hall–Kier alpha value is -0.910. The number of nitrogens with two attached hydrogens (primary N) is 1. The number of amides is 1. The molecule has 0 bridgehead atoms. The summed E-state index contributed by atoms with van der Waals surface area (Å²) in [6.07, 6.45) is 1.96. The summed E-state index contributed by atoms with van der Waals surface area (Å²) in [7, 11) is 4.25. The lowest BCUT2D eigenvalue weighted by Crippen LogP contribution is -2.52. The first kappa shape index (κ1) is 13.5. The van der Waals surface area contributed by atoms with E-state index in [1.807, 2.05) is 4.90 Å². The Morgan fingerprint density at radius 1 is 1.50 bits per heavy atom. The van der Waals surface area contributed by atoms with E-state index in [9.17, 15) is 4.79 Å². The number of rotatable bonds is 3. The van der Waals surface area contributed by atoms with Crippen LogP contribution in [0.1, 0.15) is 17.7 Å². The smallest absolute Gasteiger partial charge is 0.236 e. The monoisotopic (exact) mass is 267 g/mol. The Balaban J connectivity index is 2.15. The van der Waals surface area contributed by atoms with Crippen LogP contribution in [0.5, 0.6) is 0 Å². The van der Waals surface area contributed by atoms with Crippen molar-refractivity contribution in [2.45, 2.75) is 18.4 Å². The average molecular weight is 267 g/mol. The molecule has 0 saturated carbocycles. The van der Waals surface area contributed by atoms with E-state index < -0.39 is 0 Å². The van der Waals surface area contributed by atoms with Crippen LogP contribution in [0.4, 0.5) is 0 Å². The molecule has 1 aliphatic rings. The number of nitrogens with zero attached hydrogens (tertiary/aromatic N) is 2. The van der Waals surface area contributed by atoms with Crippen molar-refractivity contribution in [3.8, 4) is 0 Å². The van der Waals surface area contributed by atoms with E-state index in [1.54, 1.807) is 11.3 Å². The molecule has 2 N–H and O–H groups in total. The summed E-state index contributed by atoms with van der Waals surface area (Å²) in [5, 5.41) is 2.12. The van der Waals surface area contributed by atoms with Gasteiger partial charge < -0.3 is 10.6 Å². The average Bonchev–Trinajstić information content (AvgIpc) is 2.92. The molecular weight excluding hydrogens is 246 g/mol. The molecule has 0 atom stereocenters. The van der Waals surface area contributed by atoms with Crippen LogP contribution in [0.15, 0.2) is 17.5 Å². The number of hydrogen-bond acceptors (Lipinski definition) is 4. The molecule has 1 saturated heterocycles. The normalized spacial score (nSPS) is 19.2. The van der Waals surface area contributed by atoms with Gasteiger partial charge in [-0.2, -0.15) is 0 Å². The van der Waals surface area contributed by atoms with Gasteiger partial charge in [-0.25, -0.2) is 0 Å². The van der Waals surface area contributed by atoms with E-state index in [4.69, 9.17) is 5.73 Å². The third-order valence-corrected chi connectivity index (χ3v) is 5.02. The number of carbonyl (C=O) groups is 1. The van der Waals surface area contributed by atoms with Crippen molar-refractivity contribution in [3.05, 3.63) is 22.4 Å². The molecule has 1 fully saturated rings. The minimum Gasteiger partial charge on any atom is -0.341 e. The SMILES string of the molecule is CN(C)C1(c2cccs2)CCN(C(=O)CN)CC1. The molecule has 2 rings (SSSR count). The maximum Gasteiger partial charge on any atom is 0.236 e. The fraction of sp³-hybridized carbons (Fsp3) is 0.615. The van der Waals surface area contributed by atoms with Gasteiger partial charge in [0.1, 0.15) is 0 Å². The van der Waals surface area contributed by atoms with Gasteiger partial charge in [-0.15, -0.1) is 11.3 Å². The molecule has 0 spiro atoms. The van der Waals surface area contributed by atoms with Gasteiger partial charge in [-0.3, -0.25) is 9.69 Å². The number of thiophene rings is 1. The maximum atomic E-state index is 11.6. The van der Waals surface area contributed by atoms with E-state index in [1.165, 1.54) is 4.88 Å². The molecule has 0 radical (unpaired) electrons. The Labute approximate surface area is 112 Å². The van der Waals surface area contributed by atoms with Crippen molar-refractivity contribution in [1.82, 2.24) is 9.80 Å². The Bertz CT molecular complexity index is 394. The van der Waals surface area contributed by atoms with Crippen LogP contribution in [0.25, 0.3) is 0 Å². The van der Waals surface area contributed by atoms with Gasteiger partial charge in [0.15, 0.2) is 0 Å². The summed E-state index contributed by atoms with van der Waals surface area (Å²) >= 11 is 1.80. The van der Waals surface area contributed by atoms with Gasteiger partial charge >= 0.3 is 0 Å². The number of hydrogen-bond donors (Lipinski definition) is 1. The molecular formula is C13H21N3OS. The van der Waals surface area contributed by atoms with Crippen molar-refractivity contribution >= 4 is 17.2 Å². The molecule has 18 heavy (non-hydrogen) atoms. The Morgan fingerprint density at radius 2 is 2.17 bits per heavy atom. The van der Waals surface area contributed by atoms with Gasteiger partial charge in [-0.05, 0) is 38.4 Å². The third-order valence-electron chi connectivity index (χ3n) is 3.95. The van der Waals surface area contributed by atoms with Crippen molar-refractivity contribution in [2.24, 2.45) is 5.73 Å². The molecule has 0 aromatic carbocycles. The van der Waals surface area contributed by atoms with Crippen molar-refractivity contribution in [1.29, 1.82) is 0 Å². The van der Waals surface area contributed by atoms with Crippen LogP contribution in [0, 0.1) is 0 Å². The molecule has 4 nitrogen and oxygen atoms in total. The zero-order valence-electron chi connectivity index (χ0n) is 11.1. The fourth-order valence-corrected chi connectivity index (χ4v) is 3.78. The minimum atomic E-state index is 0.0635. The van der Waals surface area contributed by atoms with Gasteiger partial charge in [0.25, 0.3) is 0 Å². The Kier molecular flexibility index (Phi) is 4.04. The molecule has 2 heterocycles. The zero-order valence-corrected chi connectivity index (χ0v) is 11.9. The van der Waals surface area contributed by atoms with E-state index in [0.29, 0.717) is 0 Å². The largest absolute Gasteiger partial charge is 0.341 e. The standard InChI is InChI=1S/C13H21N3OS/c1-15(2)13(11-4-3-9-18-11)5-7-16(8-6-13)12(17)10-14/h3-4,9H,5-8,10,14H2,1-2H3. The van der Waals surface area contributed by atoms with Gasteiger partial charge in [0.05, 0.1) is 12.1 Å². The summed E-state index contributed by atoms with van der Waals surface area (Å²) in [5.41, 5.74) is 5.51. The highest BCUT2D eigenvalue weighted by Gasteiger charge is 2.39. The first-order chi connectivity index (χ1) is 8.60. The fourth-order valence-electron chi connectivity index (χ4n) is 2.71. The highest BCUT2D eigenvalue weighted by Crippen LogP contribution is 2.39. The minimum absolute atomic E-state index is 0.0635. The number of likely N-dealkylation sites (tertiary alicyclic amines) is 1. The zero-order chi connectivity index (χ0) is 13.2. The second-order valence-corrected chi connectivity index (χ2v) is 5.94. The van der Waals surface area contributed by atoms with Crippen LogP contribution in [-0.4, -0.2) is 49.4 Å². The van der Waals surface area contributed by atoms with Gasteiger partial charge in [0, 0.05) is 18.0 Å². The van der Waals surface area contributed by atoms with Gasteiger partial charge in [0.2, 0.25) is 5.91 Å². The first-order valence-corrected chi connectivity index (χ1v) is 7.17. The van der Waals surface area contributed by atoms with E-state index in [2.05, 4.69) is 36.5 Å². The quantitative estimate of drug-likeness (QED) is 0.892. The lowest BCUT2D eigenvalue weighted by Gasteiger charge is -2.45. The molecule has 0 unspecified atom stereocenters. The van der Waals surface area contributed by atoms with Crippen molar-refractivity contribution in [3.63, 3.8) is 0 Å². The van der Waals surface area contributed by atoms with E-state index in [0.717, 1.165) is 25.9 Å². The van der Waals surface area contributed by atoms with Crippen LogP contribution in [0.2, 0.25) is 0 Å². The lowest BCUT2D eigenvalue weighted by molar-refractivity contribution is -0.132. The predicted molar refractivity (Wildman–Crippen MR) is 74.6 cm³/mol. The van der Waals surface area contributed by atoms with Crippen LogP contribution in [0.3, 0.4) is 0 Å². The lowest BCUT2D eigenvalue weighted by atomic mass is 9.84. The summed E-state index contributed by atoms with van der Waals surface area (Å²) in [5.74, 6) is 0.0635. The van der Waals surface area contributed by atoms with Crippen molar-refractivity contribution in [2.75, 3.05) is 33.7 Å². The molecule has 1 aromatic rings. The molecule has 1 aliphatic heterocycles. The summed E-state index contributed by atoms with van der Waals surface area (Å²) in [6, 6.07) is 4.30. The number of carbonyl (C=O) groups excluding carboxylic acids is 1. The summed E-state index contributed by atoms with van der Waals surface area (Å²) in [4.78, 5) is 17.2. The Morgan fingerprint density at radius 3 is 2.61 bits per heavy atom. The summed E-state index contributed by atoms with van der Waals surface area (Å²) in [6.45, 7) is 1.71. The second-order valence-electron chi connectivity index (χ2n) is 4.99. The first-order valence-electron chi connectivity index (χ1n) is 6.29. The third kappa shape index (κ3) is 2.30. The van der Waals surface area contributed by atoms with Crippen LogP contribution >= 0.6 is 11.3 Å². The summed E-state index contributed by atoms with van der Waals surface area (Å²) < 4.78 is 0.